The van der Waals surface area contributed by atoms with Crippen molar-refractivity contribution in [3.8, 4) is 0 Å². The molecule has 6 nitrogen and oxygen atoms in total. The van der Waals surface area contributed by atoms with E-state index in [0.717, 1.165) is 24.7 Å². The van der Waals surface area contributed by atoms with Crippen LogP contribution in [0.3, 0.4) is 0 Å². The van der Waals surface area contributed by atoms with E-state index in [1.807, 2.05) is 29.0 Å². The van der Waals surface area contributed by atoms with Crippen LogP contribution in [-0.2, 0) is 13.1 Å². The van der Waals surface area contributed by atoms with Crippen LogP contribution in [0.4, 0.5) is 0 Å². The number of nitrogens with one attached hydrogen (secondary N) is 2. The first kappa shape index (κ1) is 16.4. The van der Waals surface area contributed by atoms with Crippen molar-refractivity contribution in [2.45, 2.75) is 13.1 Å². The van der Waals surface area contributed by atoms with Gasteiger partial charge in [0.05, 0.1) is 18.6 Å². The summed E-state index contributed by atoms with van der Waals surface area (Å²) >= 11 is 0. The summed E-state index contributed by atoms with van der Waals surface area (Å²) in [7, 11) is 1.75. The molecule has 2 N–H and O–H groups in total. The fraction of sp³-hybridized carbons (Fsp3) is 0.308. The molecule has 108 valence electrons. The molecule has 7 heteroatoms. The van der Waals surface area contributed by atoms with Crippen molar-refractivity contribution in [3.63, 3.8) is 0 Å². The Balaban J connectivity index is 0.00000200. The zero-order chi connectivity index (χ0) is 13.3. The number of hydrogen-bond acceptors (Lipinski definition) is 3. The number of rotatable bonds is 5. The molecule has 0 aliphatic heterocycles. The van der Waals surface area contributed by atoms with Crippen LogP contribution in [0.15, 0.2) is 48.1 Å². The van der Waals surface area contributed by atoms with E-state index >= 15 is 0 Å². The van der Waals surface area contributed by atoms with E-state index in [4.69, 9.17) is 0 Å². The molecule has 0 saturated carbocycles. The average molecular weight is 386 g/mol. The molecule has 0 fully saturated rings. The summed E-state index contributed by atoms with van der Waals surface area (Å²) < 4.78 is 2.01. The van der Waals surface area contributed by atoms with Crippen LogP contribution >= 0.6 is 24.0 Å². The number of hydrogen-bond donors (Lipinski definition) is 2. The molecular weight excluding hydrogens is 367 g/mol. The summed E-state index contributed by atoms with van der Waals surface area (Å²) in [6.45, 7) is 2.30. The van der Waals surface area contributed by atoms with Crippen molar-refractivity contribution in [1.82, 2.24) is 25.2 Å². The maximum Gasteiger partial charge on any atom is 0.191 e. The SMILES string of the molecule is CN=C(NCCn1ccnc1)NCc1ccccn1.I. The number of halogens is 1. The van der Waals surface area contributed by atoms with Crippen molar-refractivity contribution < 1.29 is 0 Å². The van der Waals surface area contributed by atoms with Gasteiger partial charge < -0.3 is 15.2 Å². The van der Waals surface area contributed by atoms with E-state index in [1.165, 1.54) is 0 Å². The third-order valence-corrected chi connectivity index (χ3v) is 2.61. The Morgan fingerprint density at radius 3 is 2.85 bits per heavy atom. The molecule has 2 heterocycles. The molecule has 20 heavy (non-hydrogen) atoms. The van der Waals surface area contributed by atoms with Crippen molar-refractivity contribution in [2.24, 2.45) is 4.99 Å². The molecule has 0 aliphatic rings. The lowest BCUT2D eigenvalue weighted by Gasteiger charge is -2.11. The molecule has 0 radical (unpaired) electrons. The third-order valence-electron chi connectivity index (χ3n) is 2.61. The van der Waals surface area contributed by atoms with Crippen LogP contribution in [0.2, 0.25) is 0 Å². The van der Waals surface area contributed by atoms with E-state index in [2.05, 4.69) is 25.6 Å². The van der Waals surface area contributed by atoms with E-state index in [9.17, 15) is 0 Å². The maximum absolute atomic E-state index is 4.25. The average Bonchev–Trinajstić information content (AvgIpc) is 2.97. The van der Waals surface area contributed by atoms with Gasteiger partial charge >= 0.3 is 0 Å². The molecule has 0 saturated heterocycles. The van der Waals surface area contributed by atoms with Gasteiger partial charge in [-0.15, -0.1) is 24.0 Å². The minimum atomic E-state index is 0. The number of aromatic nitrogens is 3. The Hall–Kier alpha value is -1.64. The van der Waals surface area contributed by atoms with Crippen LogP contribution < -0.4 is 10.6 Å². The lowest BCUT2D eigenvalue weighted by molar-refractivity contribution is 0.660. The van der Waals surface area contributed by atoms with Crippen LogP contribution in [0.5, 0.6) is 0 Å². The molecule has 0 bridgehead atoms. The number of guanidine groups is 1. The van der Waals surface area contributed by atoms with Crippen LogP contribution in [0.25, 0.3) is 0 Å². The summed E-state index contributed by atoms with van der Waals surface area (Å²) in [6.07, 6.45) is 7.29. The van der Waals surface area contributed by atoms with Crippen LogP contribution in [0, 0.1) is 0 Å². The zero-order valence-electron chi connectivity index (χ0n) is 11.4. The molecule has 0 aliphatic carbocycles. The number of imidazole rings is 1. The lowest BCUT2D eigenvalue weighted by Crippen LogP contribution is -2.38. The lowest BCUT2D eigenvalue weighted by atomic mass is 10.3. The fourth-order valence-corrected chi connectivity index (χ4v) is 1.62. The van der Waals surface area contributed by atoms with E-state index < -0.39 is 0 Å². The van der Waals surface area contributed by atoms with Gasteiger partial charge in [-0.3, -0.25) is 9.98 Å². The number of pyridine rings is 1. The summed E-state index contributed by atoms with van der Waals surface area (Å²) in [4.78, 5) is 12.4. The standard InChI is InChI=1S/C13H18N6.HI/c1-14-13(17-7-9-19-8-6-15-11-19)18-10-12-4-2-3-5-16-12;/h2-6,8,11H,7,9-10H2,1H3,(H2,14,17,18);1H. The monoisotopic (exact) mass is 386 g/mol. The Morgan fingerprint density at radius 2 is 2.20 bits per heavy atom. The highest BCUT2D eigenvalue weighted by Crippen LogP contribution is 1.91. The summed E-state index contributed by atoms with van der Waals surface area (Å²) in [5, 5.41) is 6.46. The Bertz CT molecular complexity index is 497. The van der Waals surface area contributed by atoms with Gasteiger partial charge in [-0.05, 0) is 12.1 Å². The van der Waals surface area contributed by atoms with Crippen molar-refractivity contribution in [1.29, 1.82) is 0 Å². The highest BCUT2D eigenvalue weighted by atomic mass is 127. The Kier molecular flexibility index (Phi) is 7.63. The van der Waals surface area contributed by atoms with Crippen molar-refractivity contribution in [2.75, 3.05) is 13.6 Å². The second kappa shape index (κ2) is 9.29. The smallest absolute Gasteiger partial charge is 0.191 e. The van der Waals surface area contributed by atoms with E-state index in [0.29, 0.717) is 6.54 Å². The first-order valence-corrected chi connectivity index (χ1v) is 6.18. The van der Waals surface area contributed by atoms with Crippen LogP contribution in [0.1, 0.15) is 5.69 Å². The third kappa shape index (κ3) is 5.55. The maximum atomic E-state index is 4.25. The van der Waals surface area contributed by atoms with Gasteiger partial charge in [0.2, 0.25) is 0 Å². The first-order chi connectivity index (χ1) is 9.38. The minimum Gasteiger partial charge on any atom is -0.355 e. The second-order valence-corrected chi connectivity index (χ2v) is 3.97. The molecule has 2 aromatic heterocycles. The number of nitrogens with zero attached hydrogens (tertiary/aromatic N) is 4. The fourth-order valence-electron chi connectivity index (χ4n) is 1.62. The highest BCUT2D eigenvalue weighted by Gasteiger charge is 1.98. The molecule has 0 aromatic carbocycles. The molecule has 0 atom stereocenters. The summed E-state index contributed by atoms with van der Waals surface area (Å²) in [6, 6.07) is 5.85. The molecule has 2 rings (SSSR count). The summed E-state index contributed by atoms with van der Waals surface area (Å²) in [5.41, 5.74) is 0.986. The normalized spacial score (nSPS) is 10.8. The molecule has 0 spiro atoms. The molecular formula is C13H19IN6. The van der Waals surface area contributed by atoms with Crippen molar-refractivity contribution in [3.05, 3.63) is 48.8 Å². The van der Waals surface area contributed by atoms with Gasteiger partial charge in [0.25, 0.3) is 0 Å². The molecule has 0 amide bonds. The van der Waals surface area contributed by atoms with E-state index in [1.54, 1.807) is 25.8 Å². The topological polar surface area (TPSA) is 67.1 Å². The van der Waals surface area contributed by atoms with Gasteiger partial charge in [-0.1, -0.05) is 6.07 Å². The quantitative estimate of drug-likeness (QED) is 0.462. The van der Waals surface area contributed by atoms with Crippen molar-refractivity contribution >= 4 is 29.9 Å². The Labute approximate surface area is 135 Å². The predicted molar refractivity (Wildman–Crippen MR) is 90.1 cm³/mol. The van der Waals surface area contributed by atoms with Crippen LogP contribution in [-0.4, -0.2) is 34.1 Å². The van der Waals surface area contributed by atoms with Gasteiger partial charge in [0.1, 0.15) is 0 Å². The minimum absolute atomic E-state index is 0. The predicted octanol–water partition coefficient (Wildman–Crippen LogP) is 1.26. The molecule has 0 unspecified atom stereocenters. The first-order valence-electron chi connectivity index (χ1n) is 6.18. The second-order valence-electron chi connectivity index (χ2n) is 3.97. The highest BCUT2D eigenvalue weighted by molar-refractivity contribution is 14.0. The van der Waals surface area contributed by atoms with Gasteiger partial charge in [-0.2, -0.15) is 0 Å². The summed E-state index contributed by atoms with van der Waals surface area (Å²) in [5.74, 6) is 0.769. The zero-order valence-corrected chi connectivity index (χ0v) is 13.7. The Morgan fingerprint density at radius 1 is 1.30 bits per heavy atom. The largest absolute Gasteiger partial charge is 0.355 e. The number of aliphatic imine (C=N–C) groups is 1. The van der Waals surface area contributed by atoms with E-state index in [-0.39, 0.29) is 24.0 Å². The van der Waals surface area contributed by atoms with Gasteiger partial charge in [0.15, 0.2) is 5.96 Å². The van der Waals surface area contributed by atoms with Gasteiger partial charge in [-0.25, -0.2) is 4.98 Å². The van der Waals surface area contributed by atoms with Gasteiger partial charge in [0, 0.05) is 38.7 Å². The molecule has 2 aromatic rings.